The van der Waals surface area contributed by atoms with Crippen molar-refractivity contribution in [1.29, 1.82) is 0 Å². The highest BCUT2D eigenvalue weighted by Gasteiger charge is 2.32. The van der Waals surface area contributed by atoms with E-state index in [0.29, 0.717) is 11.5 Å². The lowest BCUT2D eigenvalue weighted by Gasteiger charge is -2.37. The Hall–Kier alpha value is -2.54. The molecule has 2 aliphatic rings. The van der Waals surface area contributed by atoms with Gasteiger partial charge in [-0.2, -0.15) is 0 Å². The number of amides is 1. The molecule has 3 heterocycles. The molecule has 7 heteroatoms. The van der Waals surface area contributed by atoms with Crippen molar-refractivity contribution in [3.05, 3.63) is 42.5 Å². The first kappa shape index (κ1) is 16.9. The van der Waals surface area contributed by atoms with Crippen LogP contribution in [-0.4, -0.2) is 70.7 Å². The minimum Gasteiger partial charge on any atom is -0.485 e. The summed E-state index contributed by atoms with van der Waals surface area (Å²) < 4.78 is 13.7. The number of aryl methyl sites for hydroxylation is 1. The quantitative estimate of drug-likeness (QED) is 0.823. The van der Waals surface area contributed by atoms with E-state index in [0.717, 1.165) is 45.1 Å². The molecular formula is C19H24N4O3. The lowest BCUT2D eigenvalue weighted by Crippen LogP contribution is -2.54. The molecule has 1 fully saturated rings. The monoisotopic (exact) mass is 356 g/mol. The van der Waals surface area contributed by atoms with Gasteiger partial charge in [-0.05, 0) is 19.1 Å². The number of benzene rings is 1. The van der Waals surface area contributed by atoms with Crippen LogP contribution in [-0.2, 0) is 11.3 Å². The van der Waals surface area contributed by atoms with Crippen LogP contribution >= 0.6 is 0 Å². The molecule has 0 spiro atoms. The predicted molar refractivity (Wildman–Crippen MR) is 96.3 cm³/mol. The summed E-state index contributed by atoms with van der Waals surface area (Å²) in [5, 5.41) is 0. The molecule has 7 nitrogen and oxygen atoms in total. The standard InChI is InChI=1S/C19H24N4O3/c1-15-20-6-7-22(15)11-8-21-9-12-23(13-10-21)19(24)18-14-25-16-4-2-3-5-17(16)26-18/h2-7,18H,8-14H2,1H3. The normalized spacial score (nSPS) is 20.2. The van der Waals surface area contributed by atoms with Crippen molar-refractivity contribution in [2.75, 3.05) is 39.3 Å². The molecule has 0 radical (unpaired) electrons. The Labute approximate surface area is 153 Å². The fraction of sp³-hybridized carbons (Fsp3) is 0.474. The zero-order valence-electron chi connectivity index (χ0n) is 15.0. The molecule has 138 valence electrons. The van der Waals surface area contributed by atoms with Crippen molar-refractivity contribution >= 4 is 5.91 Å². The van der Waals surface area contributed by atoms with E-state index in [-0.39, 0.29) is 12.5 Å². The van der Waals surface area contributed by atoms with E-state index in [9.17, 15) is 4.79 Å². The van der Waals surface area contributed by atoms with Crippen molar-refractivity contribution in [2.24, 2.45) is 0 Å². The van der Waals surface area contributed by atoms with Crippen molar-refractivity contribution in [3.63, 3.8) is 0 Å². The van der Waals surface area contributed by atoms with E-state index in [2.05, 4.69) is 14.5 Å². The molecule has 1 saturated heterocycles. The SMILES string of the molecule is Cc1nccn1CCN1CCN(C(=O)C2COc3ccccc3O2)CC1. The number of ether oxygens (including phenoxy) is 2. The van der Waals surface area contributed by atoms with Gasteiger partial charge < -0.3 is 18.9 Å². The summed E-state index contributed by atoms with van der Waals surface area (Å²) in [7, 11) is 0. The number of carbonyl (C=O) groups excluding carboxylic acids is 1. The van der Waals surface area contributed by atoms with Gasteiger partial charge in [-0.25, -0.2) is 4.98 Å². The smallest absolute Gasteiger partial charge is 0.267 e. The lowest BCUT2D eigenvalue weighted by atomic mass is 10.2. The minimum atomic E-state index is -0.551. The Morgan fingerprint density at radius 1 is 1.15 bits per heavy atom. The van der Waals surface area contributed by atoms with Crippen molar-refractivity contribution < 1.29 is 14.3 Å². The molecule has 1 amide bonds. The maximum absolute atomic E-state index is 12.7. The second-order valence-electron chi connectivity index (χ2n) is 6.70. The largest absolute Gasteiger partial charge is 0.485 e. The lowest BCUT2D eigenvalue weighted by molar-refractivity contribution is -0.143. The van der Waals surface area contributed by atoms with E-state index in [4.69, 9.17) is 9.47 Å². The Bertz CT molecular complexity index is 768. The van der Waals surface area contributed by atoms with Crippen LogP contribution in [0.1, 0.15) is 5.82 Å². The minimum absolute atomic E-state index is 0.0182. The van der Waals surface area contributed by atoms with Gasteiger partial charge in [-0.15, -0.1) is 0 Å². The number of hydrogen-bond acceptors (Lipinski definition) is 5. The molecule has 26 heavy (non-hydrogen) atoms. The van der Waals surface area contributed by atoms with Gasteiger partial charge in [0.25, 0.3) is 5.91 Å². The Morgan fingerprint density at radius 3 is 2.65 bits per heavy atom. The highest BCUT2D eigenvalue weighted by Crippen LogP contribution is 2.31. The summed E-state index contributed by atoms with van der Waals surface area (Å²) in [4.78, 5) is 21.3. The van der Waals surface area contributed by atoms with Crippen LogP contribution < -0.4 is 9.47 Å². The van der Waals surface area contributed by atoms with Crippen LogP contribution in [0, 0.1) is 6.92 Å². The maximum Gasteiger partial charge on any atom is 0.267 e. The molecule has 0 saturated carbocycles. The van der Waals surface area contributed by atoms with Crippen LogP contribution in [0.2, 0.25) is 0 Å². The number of rotatable bonds is 4. The highest BCUT2D eigenvalue weighted by atomic mass is 16.6. The number of hydrogen-bond donors (Lipinski definition) is 0. The second kappa shape index (κ2) is 7.37. The number of piperazine rings is 1. The zero-order valence-corrected chi connectivity index (χ0v) is 15.0. The Morgan fingerprint density at radius 2 is 1.92 bits per heavy atom. The second-order valence-corrected chi connectivity index (χ2v) is 6.70. The first-order valence-corrected chi connectivity index (χ1v) is 9.08. The fourth-order valence-electron chi connectivity index (χ4n) is 3.43. The van der Waals surface area contributed by atoms with Crippen LogP contribution in [0.3, 0.4) is 0 Å². The van der Waals surface area contributed by atoms with E-state index in [1.54, 1.807) is 0 Å². The zero-order chi connectivity index (χ0) is 17.9. The summed E-state index contributed by atoms with van der Waals surface area (Å²) in [5.74, 6) is 2.40. The summed E-state index contributed by atoms with van der Waals surface area (Å²) in [5.41, 5.74) is 0. The number of imidazole rings is 1. The van der Waals surface area contributed by atoms with E-state index in [1.165, 1.54) is 0 Å². The van der Waals surface area contributed by atoms with Crippen molar-refractivity contribution in [3.8, 4) is 11.5 Å². The molecule has 0 N–H and O–H groups in total. The van der Waals surface area contributed by atoms with Crippen LogP contribution in [0.15, 0.2) is 36.7 Å². The molecule has 1 aromatic heterocycles. The van der Waals surface area contributed by atoms with Crippen LogP contribution in [0.5, 0.6) is 11.5 Å². The summed E-state index contributed by atoms with van der Waals surface area (Å²) in [6.45, 7) is 7.39. The third-order valence-corrected chi connectivity index (χ3v) is 5.05. The molecule has 1 atom stereocenters. The molecule has 1 unspecified atom stereocenters. The van der Waals surface area contributed by atoms with Gasteiger partial charge in [0, 0.05) is 51.7 Å². The van der Waals surface area contributed by atoms with Crippen LogP contribution in [0.4, 0.5) is 0 Å². The molecule has 1 aromatic carbocycles. The van der Waals surface area contributed by atoms with Gasteiger partial charge >= 0.3 is 0 Å². The van der Waals surface area contributed by atoms with Crippen molar-refractivity contribution in [2.45, 2.75) is 19.6 Å². The molecule has 2 aliphatic heterocycles. The Balaban J connectivity index is 1.27. The first-order chi connectivity index (χ1) is 12.7. The molecule has 0 aliphatic carbocycles. The molecule has 0 bridgehead atoms. The van der Waals surface area contributed by atoms with Crippen molar-refractivity contribution in [1.82, 2.24) is 19.4 Å². The summed E-state index contributed by atoms with van der Waals surface area (Å²) in [6, 6.07) is 7.48. The van der Waals surface area contributed by atoms with E-state index in [1.807, 2.05) is 48.5 Å². The average Bonchev–Trinajstić information content (AvgIpc) is 3.10. The maximum atomic E-state index is 12.7. The summed E-state index contributed by atoms with van der Waals surface area (Å²) in [6.07, 6.45) is 3.29. The molecule has 2 aromatic rings. The first-order valence-electron chi connectivity index (χ1n) is 9.08. The average molecular weight is 356 g/mol. The number of aromatic nitrogens is 2. The Kier molecular flexibility index (Phi) is 4.79. The fourth-order valence-corrected chi connectivity index (χ4v) is 3.43. The predicted octanol–water partition coefficient (Wildman–Crippen LogP) is 1.18. The van der Waals surface area contributed by atoms with Gasteiger partial charge in [-0.1, -0.05) is 12.1 Å². The topological polar surface area (TPSA) is 59.8 Å². The van der Waals surface area contributed by atoms with Gasteiger partial charge in [0.1, 0.15) is 12.4 Å². The number of nitrogens with zero attached hydrogens (tertiary/aromatic N) is 4. The van der Waals surface area contributed by atoms with Gasteiger partial charge in [0.05, 0.1) is 0 Å². The van der Waals surface area contributed by atoms with Crippen LogP contribution in [0.25, 0.3) is 0 Å². The van der Waals surface area contributed by atoms with Gasteiger partial charge in [-0.3, -0.25) is 9.69 Å². The number of fused-ring (bicyclic) bond motifs is 1. The summed E-state index contributed by atoms with van der Waals surface area (Å²) >= 11 is 0. The molecule has 4 rings (SSSR count). The third kappa shape index (κ3) is 3.53. The van der Waals surface area contributed by atoms with Gasteiger partial charge in [0.15, 0.2) is 11.5 Å². The molecular weight excluding hydrogens is 332 g/mol. The third-order valence-electron chi connectivity index (χ3n) is 5.05. The number of para-hydroxylation sites is 2. The highest BCUT2D eigenvalue weighted by molar-refractivity contribution is 5.82. The number of carbonyl (C=O) groups is 1. The van der Waals surface area contributed by atoms with Gasteiger partial charge in [0.2, 0.25) is 6.10 Å². The van der Waals surface area contributed by atoms with E-state index < -0.39 is 6.10 Å². The van der Waals surface area contributed by atoms with E-state index >= 15 is 0 Å².